The van der Waals surface area contributed by atoms with Crippen LogP contribution >= 0.6 is 15.9 Å². The van der Waals surface area contributed by atoms with E-state index in [2.05, 4.69) is 26.5 Å². The zero-order chi connectivity index (χ0) is 17.4. The molecule has 0 aliphatic rings. The highest BCUT2D eigenvalue weighted by Crippen LogP contribution is 2.26. The molecule has 0 spiro atoms. The standard InChI is InChI=1S/C17H17BrN2O4/c1-2-23-16-8-12(6-7-15(16)21)10-19-20-17(22)11-24-14-5-3-4-13(18)9-14/h3-10,21H,2,11H2,1H3,(H,20,22)/b19-10+. The van der Waals surface area contributed by atoms with Crippen molar-refractivity contribution in [2.45, 2.75) is 6.92 Å². The zero-order valence-corrected chi connectivity index (χ0v) is 14.6. The number of hydrogen-bond donors (Lipinski definition) is 2. The Kier molecular flexibility index (Phi) is 6.62. The summed E-state index contributed by atoms with van der Waals surface area (Å²) in [4.78, 5) is 11.7. The monoisotopic (exact) mass is 392 g/mol. The Hall–Kier alpha value is -2.54. The second-order valence-corrected chi connectivity index (χ2v) is 5.62. The van der Waals surface area contributed by atoms with Gasteiger partial charge >= 0.3 is 0 Å². The van der Waals surface area contributed by atoms with Gasteiger partial charge in [-0.3, -0.25) is 4.79 Å². The number of amides is 1. The lowest BCUT2D eigenvalue weighted by Gasteiger charge is -2.06. The van der Waals surface area contributed by atoms with Gasteiger partial charge in [0.2, 0.25) is 0 Å². The third-order valence-corrected chi connectivity index (χ3v) is 3.35. The van der Waals surface area contributed by atoms with Crippen molar-refractivity contribution in [3.05, 3.63) is 52.5 Å². The Labute approximate surface area is 148 Å². The van der Waals surface area contributed by atoms with E-state index in [0.29, 0.717) is 23.7 Å². The molecule has 1 amide bonds. The van der Waals surface area contributed by atoms with Crippen LogP contribution in [0.5, 0.6) is 17.2 Å². The SMILES string of the molecule is CCOc1cc(/C=N/NC(=O)COc2cccc(Br)c2)ccc1O. The van der Waals surface area contributed by atoms with Crippen LogP contribution in [0.3, 0.4) is 0 Å². The molecule has 6 nitrogen and oxygen atoms in total. The van der Waals surface area contributed by atoms with Crippen molar-refractivity contribution in [1.82, 2.24) is 5.43 Å². The molecule has 0 saturated carbocycles. The number of nitrogens with zero attached hydrogens (tertiary/aromatic N) is 1. The fourth-order valence-corrected chi connectivity index (χ4v) is 2.18. The average Bonchev–Trinajstić information content (AvgIpc) is 2.56. The number of hydrazone groups is 1. The summed E-state index contributed by atoms with van der Waals surface area (Å²) in [5.41, 5.74) is 3.06. The molecule has 2 rings (SSSR count). The number of carbonyl (C=O) groups excluding carboxylic acids is 1. The van der Waals surface area contributed by atoms with Gasteiger partial charge < -0.3 is 14.6 Å². The molecule has 0 unspecified atom stereocenters. The van der Waals surface area contributed by atoms with Crippen molar-refractivity contribution in [3.8, 4) is 17.2 Å². The molecule has 0 fully saturated rings. The predicted molar refractivity (Wildman–Crippen MR) is 94.6 cm³/mol. The summed E-state index contributed by atoms with van der Waals surface area (Å²) in [6, 6.07) is 12.0. The van der Waals surface area contributed by atoms with Gasteiger partial charge in [-0.2, -0.15) is 5.10 Å². The first kappa shape index (κ1) is 17.8. The maximum absolute atomic E-state index is 11.7. The maximum atomic E-state index is 11.7. The topological polar surface area (TPSA) is 80.2 Å². The first-order valence-corrected chi connectivity index (χ1v) is 8.04. The summed E-state index contributed by atoms with van der Waals surface area (Å²) in [5.74, 6) is 0.629. The summed E-state index contributed by atoms with van der Waals surface area (Å²) >= 11 is 3.33. The summed E-state index contributed by atoms with van der Waals surface area (Å²) < 4.78 is 11.5. The van der Waals surface area contributed by atoms with Crippen LogP contribution in [0.1, 0.15) is 12.5 Å². The molecule has 2 aromatic carbocycles. The van der Waals surface area contributed by atoms with Crippen molar-refractivity contribution >= 4 is 28.1 Å². The highest BCUT2D eigenvalue weighted by Gasteiger charge is 2.03. The van der Waals surface area contributed by atoms with Crippen LogP contribution in [-0.4, -0.2) is 30.4 Å². The molecule has 7 heteroatoms. The first-order chi connectivity index (χ1) is 11.6. The lowest BCUT2D eigenvalue weighted by atomic mass is 10.2. The van der Waals surface area contributed by atoms with Gasteiger partial charge in [0, 0.05) is 4.47 Å². The molecule has 2 aromatic rings. The summed E-state index contributed by atoms with van der Waals surface area (Å²) in [6.07, 6.45) is 1.46. The van der Waals surface area contributed by atoms with Gasteiger partial charge in [0.1, 0.15) is 5.75 Å². The minimum absolute atomic E-state index is 0.0560. The van der Waals surface area contributed by atoms with E-state index in [1.54, 1.807) is 24.3 Å². The summed E-state index contributed by atoms with van der Waals surface area (Å²) in [5, 5.41) is 13.5. The molecule has 126 valence electrons. The van der Waals surface area contributed by atoms with Gasteiger partial charge in [-0.1, -0.05) is 22.0 Å². The van der Waals surface area contributed by atoms with Gasteiger partial charge in [-0.15, -0.1) is 0 Å². The third-order valence-electron chi connectivity index (χ3n) is 2.85. The number of nitrogens with one attached hydrogen (secondary N) is 1. The van der Waals surface area contributed by atoms with E-state index in [1.165, 1.54) is 12.3 Å². The fourth-order valence-electron chi connectivity index (χ4n) is 1.80. The van der Waals surface area contributed by atoms with E-state index < -0.39 is 0 Å². The van der Waals surface area contributed by atoms with Gasteiger partial charge in [-0.05, 0) is 48.9 Å². The number of aromatic hydroxyl groups is 1. The molecule has 0 aliphatic carbocycles. The minimum Gasteiger partial charge on any atom is -0.504 e. The Morgan fingerprint density at radius 2 is 2.12 bits per heavy atom. The zero-order valence-electron chi connectivity index (χ0n) is 13.0. The molecule has 0 radical (unpaired) electrons. The second kappa shape index (κ2) is 8.93. The van der Waals surface area contributed by atoms with Crippen LogP contribution in [0.25, 0.3) is 0 Å². The van der Waals surface area contributed by atoms with E-state index in [0.717, 1.165) is 4.47 Å². The van der Waals surface area contributed by atoms with Crippen LogP contribution < -0.4 is 14.9 Å². The lowest BCUT2D eigenvalue weighted by Crippen LogP contribution is -2.24. The molecule has 0 atom stereocenters. The molecular weight excluding hydrogens is 376 g/mol. The average molecular weight is 393 g/mol. The Morgan fingerprint density at radius 1 is 1.29 bits per heavy atom. The quantitative estimate of drug-likeness (QED) is 0.560. The molecule has 0 bridgehead atoms. The van der Waals surface area contributed by atoms with Gasteiger partial charge in [0.25, 0.3) is 5.91 Å². The number of benzene rings is 2. The van der Waals surface area contributed by atoms with E-state index in [4.69, 9.17) is 9.47 Å². The molecule has 24 heavy (non-hydrogen) atoms. The highest BCUT2D eigenvalue weighted by molar-refractivity contribution is 9.10. The molecule has 0 aliphatic heterocycles. The van der Waals surface area contributed by atoms with Gasteiger partial charge in [0.05, 0.1) is 12.8 Å². The molecule has 0 heterocycles. The Morgan fingerprint density at radius 3 is 2.88 bits per heavy atom. The number of hydrogen-bond acceptors (Lipinski definition) is 5. The van der Waals surface area contributed by atoms with Crippen LogP contribution in [0.2, 0.25) is 0 Å². The van der Waals surface area contributed by atoms with Gasteiger partial charge in [0.15, 0.2) is 18.1 Å². The van der Waals surface area contributed by atoms with E-state index in [1.807, 2.05) is 19.1 Å². The number of phenolic OH excluding ortho intramolecular Hbond substituents is 1. The van der Waals surface area contributed by atoms with E-state index in [-0.39, 0.29) is 18.3 Å². The van der Waals surface area contributed by atoms with Crippen LogP contribution in [0.15, 0.2) is 52.0 Å². The summed E-state index contributed by atoms with van der Waals surface area (Å²) in [7, 11) is 0. The van der Waals surface area contributed by atoms with Crippen molar-refractivity contribution < 1.29 is 19.4 Å². The van der Waals surface area contributed by atoms with Crippen LogP contribution in [0.4, 0.5) is 0 Å². The number of rotatable bonds is 7. The largest absolute Gasteiger partial charge is 0.504 e. The highest BCUT2D eigenvalue weighted by atomic mass is 79.9. The Bertz CT molecular complexity index is 734. The second-order valence-electron chi connectivity index (χ2n) is 4.70. The normalized spacial score (nSPS) is 10.6. The molecule has 0 aromatic heterocycles. The van der Waals surface area contributed by atoms with Crippen LogP contribution in [0, 0.1) is 0 Å². The third kappa shape index (κ3) is 5.58. The maximum Gasteiger partial charge on any atom is 0.277 e. The minimum atomic E-state index is -0.380. The van der Waals surface area contributed by atoms with Crippen LogP contribution in [-0.2, 0) is 4.79 Å². The first-order valence-electron chi connectivity index (χ1n) is 7.24. The number of carbonyl (C=O) groups is 1. The number of halogens is 1. The number of phenols is 1. The predicted octanol–water partition coefficient (Wildman–Crippen LogP) is 3.08. The smallest absolute Gasteiger partial charge is 0.277 e. The summed E-state index contributed by atoms with van der Waals surface area (Å²) in [6.45, 7) is 2.12. The van der Waals surface area contributed by atoms with Crippen molar-refractivity contribution in [3.63, 3.8) is 0 Å². The van der Waals surface area contributed by atoms with E-state index >= 15 is 0 Å². The Balaban J connectivity index is 1.85. The molecule has 0 saturated heterocycles. The molecule has 2 N–H and O–H groups in total. The fraction of sp³-hybridized carbons (Fsp3) is 0.176. The lowest BCUT2D eigenvalue weighted by molar-refractivity contribution is -0.123. The van der Waals surface area contributed by atoms with Crippen molar-refractivity contribution in [2.75, 3.05) is 13.2 Å². The molecular formula is C17H17BrN2O4. The van der Waals surface area contributed by atoms with Gasteiger partial charge in [-0.25, -0.2) is 5.43 Å². The van der Waals surface area contributed by atoms with Crippen molar-refractivity contribution in [1.29, 1.82) is 0 Å². The van der Waals surface area contributed by atoms with E-state index in [9.17, 15) is 9.90 Å². The van der Waals surface area contributed by atoms with Crippen molar-refractivity contribution in [2.24, 2.45) is 5.10 Å². The number of ether oxygens (including phenoxy) is 2.